The van der Waals surface area contributed by atoms with Gasteiger partial charge in [-0.2, -0.15) is 0 Å². The standard InChI is InChI=1S/C17H36N2O2/c1-6-20-12-10-19(11-13-21-7-2)16-14-17(3,4)9-8-15(16)18-5/h15-16,18H,6-14H2,1-5H3. The molecule has 1 fully saturated rings. The van der Waals surface area contributed by atoms with E-state index in [1.807, 2.05) is 0 Å². The molecule has 1 saturated carbocycles. The Bertz CT molecular complexity index is 262. The summed E-state index contributed by atoms with van der Waals surface area (Å²) in [7, 11) is 2.10. The summed E-state index contributed by atoms with van der Waals surface area (Å²) in [5.41, 5.74) is 0.438. The summed E-state index contributed by atoms with van der Waals surface area (Å²) < 4.78 is 11.2. The van der Waals surface area contributed by atoms with Crippen LogP contribution in [0.15, 0.2) is 0 Å². The molecule has 126 valence electrons. The van der Waals surface area contributed by atoms with Crippen molar-refractivity contribution in [2.24, 2.45) is 5.41 Å². The van der Waals surface area contributed by atoms with Gasteiger partial charge in [-0.05, 0) is 45.6 Å². The molecule has 4 nitrogen and oxygen atoms in total. The van der Waals surface area contributed by atoms with Crippen LogP contribution in [-0.4, -0.2) is 63.5 Å². The zero-order valence-corrected chi connectivity index (χ0v) is 14.8. The van der Waals surface area contributed by atoms with Crippen LogP contribution in [0.1, 0.15) is 47.0 Å². The Morgan fingerprint density at radius 2 is 1.67 bits per heavy atom. The zero-order chi connectivity index (χ0) is 15.7. The molecule has 0 spiro atoms. The second-order valence-electron chi connectivity index (χ2n) is 6.80. The normalized spacial score (nSPS) is 25.4. The maximum Gasteiger partial charge on any atom is 0.0593 e. The third kappa shape index (κ3) is 6.64. The third-order valence-electron chi connectivity index (χ3n) is 4.65. The van der Waals surface area contributed by atoms with E-state index in [-0.39, 0.29) is 0 Å². The lowest BCUT2D eigenvalue weighted by Gasteiger charge is -2.46. The van der Waals surface area contributed by atoms with Crippen molar-refractivity contribution in [3.8, 4) is 0 Å². The van der Waals surface area contributed by atoms with E-state index in [0.29, 0.717) is 17.5 Å². The van der Waals surface area contributed by atoms with E-state index in [1.165, 1.54) is 19.3 Å². The second kappa shape index (κ2) is 9.78. The number of ether oxygens (including phenoxy) is 2. The highest BCUT2D eigenvalue weighted by Gasteiger charge is 2.37. The van der Waals surface area contributed by atoms with Crippen molar-refractivity contribution in [2.75, 3.05) is 46.6 Å². The van der Waals surface area contributed by atoms with Crippen LogP contribution in [0.25, 0.3) is 0 Å². The lowest BCUT2D eigenvalue weighted by molar-refractivity contribution is 0.0204. The first-order valence-electron chi connectivity index (χ1n) is 8.61. The van der Waals surface area contributed by atoms with Gasteiger partial charge in [0.25, 0.3) is 0 Å². The molecule has 0 aromatic carbocycles. The van der Waals surface area contributed by atoms with Crippen LogP contribution in [0.5, 0.6) is 0 Å². The van der Waals surface area contributed by atoms with Gasteiger partial charge >= 0.3 is 0 Å². The highest BCUT2D eigenvalue weighted by molar-refractivity contribution is 4.94. The fourth-order valence-corrected chi connectivity index (χ4v) is 3.37. The van der Waals surface area contributed by atoms with Gasteiger partial charge in [-0.1, -0.05) is 13.8 Å². The minimum absolute atomic E-state index is 0.438. The van der Waals surface area contributed by atoms with E-state index in [0.717, 1.165) is 39.5 Å². The van der Waals surface area contributed by atoms with Gasteiger partial charge in [0.1, 0.15) is 0 Å². The summed E-state index contributed by atoms with van der Waals surface area (Å²) in [6, 6.07) is 1.17. The van der Waals surface area contributed by atoms with Crippen molar-refractivity contribution in [1.82, 2.24) is 10.2 Å². The van der Waals surface area contributed by atoms with Gasteiger partial charge < -0.3 is 14.8 Å². The van der Waals surface area contributed by atoms with E-state index in [9.17, 15) is 0 Å². The minimum Gasteiger partial charge on any atom is -0.380 e. The molecule has 4 heteroatoms. The van der Waals surface area contributed by atoms with Crippen molar-refractivity contribution < 1.29 is 9.47 Å². The van der Waals surface area contributed by atoms with Crippen LogP contribution in [0.4, 0.5) is 0 Å². The minimum atomic E-state index is 0.438. The Labute approximate surface area is 131 Å². The van der Waals surface area contributed by atoms with Crippen molar-refractivity contribution in [3.05, 3.63) is 0 Å². The van der Waals surface area contributed by atoms with Crippen LogP contribution in [-0.2, 0) is 9.47 Å². The smallest absolute Gasteiger partial charge is 0.0593 e. The summed E-state index contributed by atoms with van der Waals surface area (Å²) in [5.74, 6) is 0. The van der Waals surface area contributed by atoms with Crippen LogP contribution >= 0.6 is 0 Å². The van der Waals surface area contributed by atoms with Crippen molar-refractivity contribution in [1.29, 1.82) is 0 Å². The molecule has 1 aliphatic rings. The van der Waals surface area contributed by atoms with Crippen LogP contribution in [0.3, 0.4) is 0 Å². The van der Waals surface area contributed by atoms with Crippen molar-refractivity contribution >= 4 is 0 Å². The lowest BCUT2D eigenvalue weighted by Crippen LogP contribution is -2.55. The molecule has 0 amide bonds. The summed E-state index contributed by atoms with van der Waals surface area (Å²) in [6.07, 6.45) is 3.81. The third-order valence-corrected chi connectivity index (χ3v) is 4.65. The summed E-state index contributed by atoms with van der Waals surface area (Å²) >= 11 is 0. The SMILES string of the molecule is CCOCCN(CCOCC)C1CC(C)(C)CCC1NC. The molecule has 1 aliphatic carbocycles. The largest absolute Gasteiger partial charge is 0.380 e. The second-order valence-corrected chi connectivity index (χ2v) is 6.80. The molecule has 0 radical (unpaired) electrons. The summed E-state index contributed by atoms with van der Waals surface area (Å²) in [6.45, 7) is 14.1. The Morgan fingerprint density at radius 3 is 2.14 bits per heavy atom. The molecule has 1 N–H and O–H groups in total. The summed E-state index contributed by atoms with van der Waals surface area (Å²) in [5, 5.41) is 3.53. The average molecular weight is 300 g/mol. The van der Waals surface area contributed by atoms with Crippen LogP contribution in [0, 0.1) is 5.41 Å². The number of nitrogens with one attached hydrogen (secondary N) is 1. The monoisotopic (exact) mass is 300 g/mol. The number of nitrogens with zero attached hydrogens (tertiary/aromatic N) is 1. The predicted octanol–water partition coefficient (Wildman–Crippen LogP) is 2.53. The molecule has 0 aromatic heterocycles. The topological polar surface area (TPSA) is 33.7 Å². The molecule has 2 unspecified atom stereocenters. The van der Waals surface area contributed by atoms with Gasteiger partial charge in [0.2, 0.25) is 0 Å². The first kappa shape index (κ1) is 18.9. The Balaban J connectivity index is 2.65. The molecular formula is C17H36N2O2. The van der Waals surface area contributed by atoms with Crippen LogP contribution in [0.2, 0.25) is 0 Å². The van der Waals surface area contributed by atoms with E-state index in [2.05, 4.69) is 45.0 Å². The first-order valence-corrected chi connectivity index (χ1v) is 8.61. The molecule has 0 aliphatic heterocycles. The quantitative estimate of drug-likeness (QED) is 0.629. The number of hydrogen-bond acceptors (Lipinski definition) is 4. The number of hydrogen-bond donors (Lipinski definition) is 1. The van der Waals surface area contributed by atoms with Crippen molar-refractivity contribution in [3.63, 3.8) is 0 Å². The predicted molar refractivity (Wildman–Crippen MR) is 88.8 cm³/mol. The van der Waals surface area contributed by atoms with Gasteiger partial charge in [0.05, 0.1) is 13.2 Å². The molecule has 0 saturated heterocycles. The maximum absolute atomic E-state index is 5.58. The van der Waals surface area contributed by atoms with E-state index in [1.54, 1.807) is 0 Å². The van der Waals surface area contributed by atoms with Gasteiger partial charge in [0, 0.05) is 38.4 Å². The molecule has 21 heavy (non-hydrogen) atoms. The fourth-order valence-electron chi connectivity index (χ4n) is 3.37. The molecule has 0 aromatic rings. The zero-order valence-electron chi connectivity index (χ0n) is 14.8. The van der Waals surface area contributed by atoms with E-state index in [4.69, 9.17) is 9.47 Å². The Hall–Kier alpha value is -0.160. The van der Waals surface area contributed by atoms with Gasteiger partial charge in [0.15, 0.2) is 0 Å². The fraction of sp³-hybridized carbons (Fsp3) is 1.00. The highest BCUT2D eigenvalue weighted by Crippen LogP contribution is 2.37. The molecule has 2 atom stereocenters. The first-order chi connectivity index (χ1) is 10.0. The molecular weight excluding hydrogens is 264 g/mol. The van der Waals surface area contributed by atoms with Gasteiger partial charge in [-0.25, -0.2) is 0 Å². The molecule has 1 rings (SSSR count). The average Bonchev–Trinajstić information content (AvgIpc) is 2.45. The van der Waals surface area contributed by atoms with Crippen molar-refractivity contribution in [2.45, 2.75) is 59.0 Å². The van der Waals surface area contributed by atoms with Crippen LogP contribution < -0.4 is 5.32 Å². The lowest BCUT2D eigenvalue weighted by atomic mass is 9.72. The Morgan fingerprint density at radius 1 is 1.10 bits per heavy atom. The van der Waals surface area contributed by atoms with Gasteiger partial charge in [-0.15, -0.1) is 0 Å². The number of rotatable bonds is 10. The van der Waals surface area contributed by atoms with E-state index < -0.39 is 0 Å². The maximum atomic E-state index is 5.58. The highest BCUT2D eigenvalue weighted by atomic mass is 16.5. The number of likely N-dealkylation sites (N-methyl/N-ethyl adjacent to an activating group) is 1. The summed E-state index contributed by atoms with van der Waals surface area (Å²) in [4.78, 5) is 2.58. The van der Waals surface area contributed by atoms with Gasteiger partial charge in [-0.3, -0.25) is 4.90 Å². The molecule has 0 bridgehead atoms. The van der Waals surface area contributed by atoms with E-state index >= 15 is 0 Å². The Kier molecular flexibility index (Phi) is 8.79. The molecule has 0 heterocycles.